The number of rotatable bonds is 8. The predicted octanol–water partition coefficient (Wildman–Crippen LogP) is 2.21. The van der Waals surface area contributed by atoms with E-state index in [0.29, 0.717) is 36.8 Å². The summed E-state index contributed by atoms with van der Waals surface area (Å²) in [5, 5.41) is 6.69. The molecule has 4 unspecified atom stereocenters. The number of carbonyl (C=O) groups excluding carboxylic acids is 3. The molecule has 0 saturated carbocycles. The fourth-order valence-electron chi connectivity index (χ4n) is 4.38. The van der Waals surface area contributed by atoms with Gasteiger partial charge in [-0.05, 0) is 42.9 Å². The van der Waals surface area contributed by atoms with Gasteiger partial charge in [0.05, 0.1) is 23.2 Å². The van der Waals surface area contributed by atoms with Crippen LogP contribution >= 0.6 is 11.6 Å². The molecule has 0 spiro atoms. The first-order valence-electron chi connectivity index (χ1n) is 11.7. The highest BCUT2D eigenvalue weighted by Gasteiger charge is 2.43. The number of hydrogen-bond donors (Lipinski definition) is 3. The van der Waals surface area contributed by atoms with Crippen LogP contribution in [0.15, 0.2) is 18.2 Å². The van der Waals surface area contributed by atoms with E-state index < -0.39 is 35.8 Å². The molecule has 4 atom stereocenters. The van der Waals surface area contributed by atoms with Crippen molar-refractivity contribution in [2.45, 2.75) is 77.9 Å². The number of nitrogens with two attached hydrogens (primary N) is 1. The van der Waals surface area contributed by atoms with E-state index in [1.165, 1.54) is 0 Å². The Morgan fingerprint density at radius 1 is 1.35 bits per heavy atom. The molecule has 2 heterocycles. The molecule has 10 heteroatoms. The molecule has 0 aromatic heterocycles. The Bertz CT molecular complexity index is 919. The minimum atomic E-state index is -0.803. The van der Waals surface area contributed by atoms with Crippen molar-refractivity contribution < 1.29 is 23.9 Å². The second kappa shape index (κ2) is 10.9. The van der Waals surface area contributed by atoms with Crippen molar-refractivity contribution in [3.63, 3.8) is 0 Å². The van der Waals surface area contributed by atoms with Crippen LogP contribution in [0.3, 0.4) is 0 Å². The first-order chi connectivity index (χ1) is 16.0. The zero-order chi connectivity index (χ0) is 25.0. The zero-order valence-electron chi connectivity index (χ0n) is 20.2. The van der Waals surface area contributed by atoms with Gasteiger partial charge in [0, 0.05) is 19.7 Å². The Morgan fingerprint density at radius 3 is 2.74 bits per heavy atom. The number of nitrogens with zero attached hydrogens (tertiary/aromatic N) is 1. The number of benzene rings is 1. The third kappa shape index (κ3) is 6.20. The number of ether oxygens (including phenoxy) is 2. The summed E-state index contributed by atoms with van der Waals surface area (Å²) in [6, 6.07) is 3.68. The summed E-state index contributed by atoms with van der Waals surface area (Å²) >= 11 is 6.14. The fourth-order valence-corrected chi connectivity index (χ4v) is 4.58. The molecule has 4 N–H and O–H groups in total. The smallest absolute Gasteiger partial charge is 0.310 e. The van der Waals surface area contributed by atoms with E-state index in [1.54, 1.807) is 24.0 Å². The van der Waals surface area contributed by atoms with Crippen molar-refractivity contribution in [3.05, 3.63) is 28.8 Å². The molecule has 1 aromatic carbocycles. The fraction of sp³-hybridized carbons (Fsp3) is 0.625. The number of anilines is 1. The predicted molar refractivity (Wildman–Crippen MR) is 129 cm³/mol. The Labute approximate surface area is 205 Å². The van der Waals surface area contributed by atoms with Gasteiger partial charge in [0.2, 0.25) is 18.1 Å². The highest BCUT2D eigenvalue weighted by atomic mass is 35.5. The average molecular weight is 495 g/mol. The largest absolute Gasteiger partial charge is 0.433 e. The molecule has 9 nitrogen and oxygen atoms in total. The van der Waals surface area contributed by atoms with Crippen LogP contribution in [-0.4, -0.2) is 60.3 Å². The lowest BCUT2D eigenvalue weighted by molar-refractivity contribution is -0.164. The molecule has 3 rings (SSSR count). The molecule has 0 radical (unpaired) electrons. The molecule has 2 fully saturated rings. The molecule has 1 aromatic rings. The van der Waals surface area contributed by atoms with Gasteiger partial charge in [-0.25, -0.2) is 0 Å². The van der Waals surface area contributed by atoms with E-state index in [2.05, 4.69) is 10.6 Å². The lowest BCUT2D eigenvalue weighted by atomic mass is 9.85. The summed E-state index contributed by atoms with van der Waals surface area (Å²) in [6.45, 7) is 9.02. The lowest BCUT2D eigenvalue weighted by Crippen LogP contribution is -2.57. The monoisotopic (exact) mass is 494 g/mol. The molecule has 188 valence electrons. The van der Waals surface area contributed by atoms with E-state index in [1.807, 2.05) is 26.8 Å². The van der Waals surface area contributed by atoms with Gasteiger partial charge in [0.1, 0.15) is 12.1 Å². The zero-order valence-corrected chi connectivity index (χ0v) is 21.0. The molecule has 0 bridgehead atoms. The Morgan fingerprint density at radius 2 is 2.09 bits per heavy atom. The molecule has 2 amide bonds. The van der Waals surface area contributed by atoms with Gasteiger partial charge in [0.25, 0.3) is 0 Å². The third-order valence-corrected chi connectivity index (χ3v) is 6.48. The number of hydrogen-bond acceptors (Lipinski definition) is 7. The van der Waals surface area contributed by atoms with E-state index in [-0.39, 0.29) is 18.2 Å². The van der Waals surface area contributed by atoms with Crippen molar-refractivity contribution >= 4 is 35.1 Å². The van der Waals surface area contributed by atoms with Crippen LogP contribution < -0.4 is 16.4 Å². The SMILES string of the molecule is CCOC1OC(=O)CC1NC(=O)C1CCCN1C(=O)C(NCc1ccc(N)c(Cl)c1)C(C)(C)C. The summed E-state index contributed by atoms with van der Waals surface area (Å²) in [7, 11) is 0. The highest BCUT2D eigenvalue weighted by Crippen LogP contribution is 2.27. The maximum absolute atomic E-state index is 13.6. The van der Waals surface area contributed by atoms with Crippen LogP contribution in [0.2, 0.25) is 5.02 Å². The number of amides is 2. The standard InChI is InChI=1S/C24H35ClN4O5/c1-5-33-23-17(12-19(30)34-23)28-21(31)18-7-6-10-29(18)22(32)20(24(2,3)4)27-13-14-8-9-16(26)15(25)11-14/h8-9,11,17-18,20,23,27H,5-7,10,12-13,26H2,1-4H3,(H,28,31). The second-order valence-corrected chi connectivity index (χ2v) is 10.3. The van der Waals surface area contributed by atoms with Crippen LogP contribution in [0.4, 0.5) is 5.69 Å². The van der Waals surface area contributed by atoms with E-state index in [0.717, 1.165) is 12.0 Å². The number of cyclic esters (lactones) is 1. The maximum atomic E-state index is 13.6. The average Bonchev–Trinajstić information content (AvgIpc) is 3.37. The molecular formula is C24H35ClN4O5. The van der Waals surface area contributed by atoms with Gasteiger partial charge in [-0.3, -0.25) is 14.4 Å². The summed E-state index contributed by atoms with van der Waals surface area (Å²) in [6.07, 6.45) is 0.530. The summed E-state index contributed by atoms with van der Waals surface area (Å²) < 4.78 is 10.6. The lowest BCUT2D eigenvalue weighted by Gasteiger charge is -2.36. The first kappa shape index (κ1) is 26.2. The van der Waals surface area contributed by atoms with E-state index >= 15 is 0 Å². The number of halogens is 1. The summed E-state index contributed by atoms with van der Waals surface area (Å²) in [4.78, 5) is 40.1. The minimum Gasteiger partial charge on any atom is -0.433 e. The van der Waals surface area contributed by atoms with Crippen molar-refractivity contribution in [3.8, 4) is 0 Å². The van der Waals surface area contributed by atoms with Crippen LogP contribution in [0.1, 0.15) is 52.5 Å². The van der Waals surface area contributed by atoms with Crippen molar-refractivity contribution in [1.82, 2.24) is 15.5 Å². The van der Waals surface area contributed by atoms with Gasteiger partial charge in [0.15, 0.2) is 0 Å². The van der Waals surface area contributed by atoms with Gasteiger partial charge < -0.3 is 30.7 Å². The number of nitrogens with one attached hydrogen (secondary N) is 2. The van der Waals surface area contributed by atoms with Gasteiger partial charge in [-0.2, -0.15) is 0 Å². The Kier molecular flexibility index (Phi) is 8.43. The quantitative estimate of drug-likeness (QED) is 0.374. The molecule has 2 aliphatic rings. The summed E-state index contributed by atoms with van der Waals surface area (Å²) in [5.41, 5.74) is 6.80. The second-order valence-electron chi connectivity index (χ2n) is 9.86. The Balaban J connectivity index is 1.69. The number of carbonyl (C=O) groups is 3. The number of esters is 1. The molecule has 2 saturated heterocycles. The molecule has 0 aliphatic carbocycles. The maximum Gasteiger partial charge on any atom is 0.310 e. The van der Waals surface area contributed by atoms with E-state index in [9.17, 15) is 14.4 Å². The number of nitrogen functional groups attached to an aromatic ring is 1. The molecule has 2 aliphatic heterocycles. The van der Waals surface area contributed by atoms with Gasteiger partial charge >= 0.3 is 5.97 Å². The molecular weight excluding hydrogens is 460 g/mol. The minimum absolute atomic E-state index is 0.0490. The van der Waals surface area contributed by atoms with Crippen molar-refractivity contribution in [2.24, 2.45) is 5.41 Å². The van der Waals surface area contributed by atoms with Crippen molar-refractivity contribution in [1.29, 1.82) is 0 Å². The number of likely N-dealkylation sites (tertiary alicyclic amines) is 1. The molecule has 34 heavy (non-hydrogen) atoms. The van der Waals surface area contributed by atoms with Crippen LogP contribution in [0, 0.1) is 5.41 Å². The van der Waals surface area contributed by atoms with Crippen LogP contribution in [0.25, 0.3) is 0 Å². The third-order valence-electron chi connectivity index (χ3n) is 6.15. The van der Waals surface area contributed by atoms with Gasteiger partial charge in [-0.1, -0.05) is 38.4 Å². The highest BCUT2D eigenvalue weighted by molar-refractivity contribution is 6.33. The summed E-state index contributed by atoms with van der Waals surface area (Å²) in [5.74, 6) is -0.841. The van der Waals surface area contributed by atoms with E-state index in [4.69, 9.17) is 26.8 Å². The first-order valence-corrected chi connectivity index (χ1v) is 12.1. The Hall–Kier alpha value is -2.36. The van der Waals surface area contributed by atoms with Crippen LogP contribution in [0.5, 0.6) is 0 Å². The normalized spacial score (nSPS) is 23.6. The van der Waals surface area contributed by atoms with Crippen LogP contribution in [-0.2, 0) is 30.4 Å². The van der Waals surface area contributed by atoms with Crippen molar-refractivity contribution in [2.75, 3.05) is 18.9 Å². The van der Waals surface area contributed by atoms with Gasteiger partial charge in [-0.15, -0.1) is 0 Å². The topological polar surface area (TPSA) is 123 Å².